The number of carbonyl (C=O) groups is 1. The predicted molar refractivity (Wildman–Crippen MR) is 73.3 cm³/mol. The molecule has 4 N–H and O–H groups in total. The van der Waals surface area contributed by atoms with E-state index in [1.165, 1.54) is 6.92 Å². The van der Waals surface area contributed by atoms with E-state index in [2.05, 4.69) is 15.6 Å². The molecule has 2 rings (SSSR count). The third-order valence-corrected chi connectivity index (χ3v) is 2.68. The molecule has 0 spiro atoms. The number of nitrogens with one attached hydrogen (secondary N) is 2. The summed E-state index contributed by atoms with van der Waals surface area (Å²) in [4.78, 5) is 14.8. The molecule has 0 bridgehead atoms. The van der Waals surface area contributed by atoms with Crippen molar-refractivity contribution in [3.63, 3.8) is 0 Å². The summed E-state index contributed by atoms with van der Waals surface area (Å²) in [7, 11) is 0. The molecular formula is C13H16N4O. The van der Waals surface area contributed by atoms with E-state index < -0.39 is 0 Å². The molecule has 1 aromatic heterocycles. The van der Waals surface area contributed by atoms with Crippen LogP contribution < -0.4 is 16.4 Å². The zero-order valence-corrected chi connectivity index (χ0v) is 10.2. The Morgan fingerprint density at radius 3 is 2.94 bits per heavy atom. The van der Waals surface area contributed by atoms with Crippen LogP contribution in [0.15, 0.2) is 30.6 Å². The monoisotopic (exact) mass is 244 g/mol. The van der Waals surface area contributed by atoms with Crippen LogP contribution in [0.3, 0.4) is 0 Å². The molecule has 1 heterocycles. The van der Waals surface area contributed by atoms with E-state index in [4.69, 9.17) is 5.73 Å². The van der Waals surface area contributed by atoms with Gasteiger partial charge in [0.25, 0.3) is 0 Å². The van der Waals surface area contributed by atoms with E-state index in [9.17, 15) is 4.79 Å². The van der Waals surface area contributed by atoms with Crippen molar-refractivity contribution in [2.75, 3.05) is 24.1 Å². The topological polar surface area (TPSA) is 80.0 Å². The maximum absolute atomic E-state index is 10.7. The summed E-state index contributed by atoms with van der Waals surface area (Å²) in [6.07, 6.45) is 3.51. The highest BCUT2D eigenvalue weighted by molar-refractivity contribution is 5.98. The first-order valence-corrected chi connectivity index (χ1v) is 5.79. The number of rotatable bonds is 4. The van der Waals surface area contributed by atoms with Crippen LogP contribution >= 0.6 is 0 Å². The van der Waals surface area contributed by atoms with Crippen LogP contribution in [0.2, 0.25) is 0 Å². The van der Waals surface area contributed by atoms with Crippen molar-refractivity contribution < 1.29 is 4.79 Å². The molecule has 1 aromatic carbocycles. The van der Waals surface area contributed by atoms with Crippen LogP contribution in [0.1, 0.15) is 6.92 Å². The van der Waals surface area contributed by atoms with Crippen molar-refractivity contribution in [1.82, 2.24) is 10.3 Å². The third-order valence-electron chi connectivity index (χ3n) is 2.68. The molecule has 5 nitrogen and oxygen atoms in total. The van der Waals surface area contributed by atoms with Gasteiger partial charge in [-0.2, -0.15) is 0 Å². The molecule has 0 unspecified atom stereocenters. The number of aromatic nitrogens is 1. The summed E-state index contributed by atoms with van der Waals surface area (Å²) in [5.74, 6) is -0.0330. The molecule has 0 atom stereocenters. The lowest BCUT2D eigenvalue weighted by Crippen LogP contribution is -2.26. The number of pyridine rings is 1. The normalized spacial score (nSPS) is 10.3. The SMILES string of the molecule is CC(=O)NCCNc1ccc2cnccc2c1N. The summed E-state index contributed by atoms with van der Waals surface area (Å²) >= 11 is 0. The highest BCUT2D eigenvalue weighted by Crippen LogP contribution is 2.27. The van der Waals surface area contributed by atoms with Crippen LogP contribution in [-0.4, -0.2) is 24.0 Å². The molecule has 94 valence electrons. The van der Waals surface area contributed by atoms with Gasteiger partial charge in [-0.1, -0.05) is 6.07 Å². The van der Waals surface area contributed by atoms with Crippen molar-refractivity contribution in [1.29, 1.82) is 0 Å². The van der Waals surface area contributed by atoms with Gasteiger partial charge in [0.2, 0.25) is 5.91 Å². The van der Waals surface area contributed by atoms with Crippen LogP contribution in [-0.2, 0) is 4.79 Å². The van der Waals surface area contributed by atoms with Crippen molar-refractivity contribution in [3.05, 3.63) is 30.6 Å². The molecule has 18 heavy (non-hydrogen) atoms. The Hall–Kier alpha value is -2.30. The van der Waals surface area contributed by atoms with Crippen LogP contribution in [0.5, 0.6) is 0 Å². The smallest absolute Gasteiger partial charge is 0.216 e. The second kappa shape index (κ2) is 5.35. The average Bonchev–Trinajstić information content (AvgIpc) is 2.37. The van der Waals surface area contributed by atoms with Gasteiger partial charge < -0.3 is 16.4 Å². The van der Waals surface area contributed by atoms with Gasteiger partial charge >= 0.3 is 0 Å². The van der Waals surface area contributed by atoms with Crippen molar-refractivity contribution >= 4 is 28.1 Å². The Balaban J connectivity index is 2.09. The van der Waals surface area contributed by atoms with Crippen LogP contribution in [0.25, 0.3) is 10.8 Å². The third kappa shape index (κ3) is 2.68. The van der Waals surface area contributed by atoms with Crippen molar-refractivity contribution in [3.8, 4) is 0 Å². The predicted octanol–water partition coefficient (Wildman–Crippen LogP) is 1.36. The van der Waals surface area contributed by atoms with Gasteiger partial charge in [0.05, 0.1) is 11.4 Å². The quantitative estimate of drug-likeness (QED) is 0.560. The molecule has 0 fully saturated rings. The summed E-state index contributed by atoms with van der Waals surface area (Å²) < 4.78 is 0. The number of fused-ring (bicyclic) bond motifs is 1. The van der Waals surface area contributed by atoms with E-state index in [0.717, 1.165) is 16.5 Å². The van der Waals surface area contributed by atoms with E-state index in [1.807, 2.05) is 18.2 Å². The lowest BCUT2D eigenvalue weighted by atomic mass is 10.1. The van der Waals surface area contributed by atoms with Gasteiger partial charge in [-0.25, -0.2) is 0 Å². The Kier molecular flexibility index (Phi) is 3.62. The molecule has 5 heteroatoms. The molecule has 2 aromatic rings. The highest BCUT2D eigenvalue weighted by Gasteiger charge is 2.03. The first-order valence-electron chi connectivity index (χ1n) is 5.79. The number of nitrogens with zero attached hydrogens (tertiary/aromatic N) is 1. The maximum atomic E-state index is 10.7. The minimum absolute atomic E-state index is 0.0330. The Bertz CT molecular complexity index is 568. The number of hydrogen-bond acceptors (Lipinski definition) is 4. The first kappa shape index (κ1) is 12.2. The lowest BCUT2D eigenvalue weighted by Gasteiger charge is -2.11. The van der Waals surface area contributed by atoms with Gasteiger partial charge in [0.1, 0.15) is 0 Å². The van der Waals surface area contributed by atoms with Crippen molar-refractivity contribution in [2.45, 2.75) is 6.92 Å². The molecule has 0 aliphatic heterocycles. The molecular weight excluding hydrogens is 228 g/mol. The molecule has 0 saturated carbocycles. The van der Waals surface area contributed by atoms with E-state index in [0.29, 0.717) is 18.8 Å². The Morgan fingerprint density at radius 2 is 2.17 bits per heavy atom. The summed E-state index contributed by atoms with van der Waals surface area (Å²) in [5.41, 5.74) is 7.66. The van der Waals surface area contributed by atoms with Gasteiger partial charge in [-0.05, 0) is 12.1 Å². The number of amides is 1. The number of benzene rings is 1. The fourth-order valence-corrected chi connectivity index (χ4v) is 1.78. The Labute approximate surface area is 105 Å². The standard InChI is InChI=1S/C13H16N4O/c1-9(18)16-6-7-17-12-3-2-10-8-15-5-4-11(10)13(12)14/h2-5,8,17H,6-7,14H2,1H3,(H,16,18). The minimum Gasteiger partial charge on any atom is -0.397 e. The van der Waals surface area contributed by atoms with Gasteiger partial charge in [0, 0.05) is 43.2 Å². The second-order valence-electron chi connectivity index (χ2n) is 4.03. The number of anilines is 2. The highest BCUT2D eigenvalue weighted by atomic mass is 16.1. The number of carbonyl (C=O) groups excluding carboxylic acids is 1. The summed E-state index contributed by atoms with van der Waals surface area (Å²) in [5, 5.41) is 7.92. The van der Waals surface area contributed by atoms with Gasteiger partial charge in [-0.15, -0.1) is 0 Å². The first-order chi connectivity index (χ1) is 8.68. The average molecular weight is 244 g/mol. The largest absolute Gasteiger partial charge is 0.397 e. The summed E-state index contributed by atoms with van der Waals surface area (Å²) in [6, 6.07) is 5.79. The fourth-order valence-electron chi connectivity index (χ4n) is 1.78. The molecule has 0 radical (unpaired) electrons. The fraction of sp³-hybridized carbons (Fsp3) is 0.231. The molecule has 1 amide bonds. The zero-order valence-electron chi connectivity index (χ0n) is 10.2. The van der Waals surface area contributed by atoms with E-state index in [1.54, 1.807) is 12.4 Å². The second-order valence-corrected chi connectivity index (χ2v) is 4.03. The number of nitrogens with two attached hydrogens (primary N) is 1. The number of hydrogen-bond donors (Lipinski definition) is 3. The zero-order chi connectivity index (χ0) is 13.0. The molecule has 0 aliphatic rings. The van der Waals surface area contributed by atoms with E-state index in [-0.39, 0.29) is 5.91 Å². The maximum Gasteiger partial charge on any atom is 0.216 e. The summed E-state index contributed by atoms with van der Waals surface area (Å²) in [6.45, 7) is 2.71. The van der Waals surface area contributed by atoms with E-state index >= 15 is 0 Å². The molecule has 0 saturated heterocycles. The van der Waals surface area contributed by atoms with Crippen LogP contribution in [0.4, 0.5) is 11.4 Å². The van der Waals surface area contributed by atoms with Gasteiger partial charge in [0.15, 0.2) is 0 Å². The molecule has 0 aliphatic carbocycles. The van der Waals surface area contributed by atoms with Gasteiger partial charge in [-0.3, -0.25) is 9.78 Å². The number of nitrogen functional groups attached to an aromatic ring is 1. The minimum atomic E-state index is -0.0330. The Morgan fingerprint density at radius 1 is 1.33 bits per heavy atom. The lowest BCUT2D eigenvalue weighted by molar-refractivity contribution is -0.118. The van der Waals surface area contributed by atoms with Crippen LogP contribution in [0, 0.1) is 0 Å². The van der Waals surface area contributed by atoms with Crippen molar-refractivity contribution in [2.24, 2.45) is 0 Å².